The topological polar surface area (TPSA) is 80.3 Å². The van der Waals surface area contributed by atoms with Crippen molar-refractivity contribution in [2.75, 3.05) is 25.6 Å². The van der Waals surface area contributed by atoms with Gasteiger partial charge in [0.15, 0.2) is 0 Å². The number of carbonyl (C=O) groups is 2. The number of hydrogen-bond acceptors (Lipinski definition) is 4. The lowest BCUT2D eigenvalue weighted by molar-refractivity contribution is -0.115. The minimum absolute atomic E-state index is 0.150. The van der Waals surface area contributed by atoms with E-state index in [1.54, 1.807) is 43.8 Å². The van der Waals surface area contributed by atoms with Crippen LogP contribution in [0.2, 0.25) is 0 Å². The summed E-state index contributed by atoms with van der Waals surface area (Å²) >= 11 is 0. The lowest BCUT2D eigenvalue weighted by atomic mass is 10.1. The standard InChI is InChI=1S/C18H21N3O3/c1-13-15(18(23)20-9-10-24-2)6-3-7-16(13)21-17(22)11-14-5-4-8-19-12-14/h3-8,12H,9-11H2,1-2H3,(H,20,23)(H,21,22). The van der Waals surface area contributed by atoms with Gasteiger partial charge < -0.3 is 15.4 Å². The first-order valence-corrected chi connectivity index (χ1v) is 7.67. The Balaban J connectivity index is 2.04. The number of nitrogens with zero attached hydrogens (tertiary/aromatic N) is 1. The van der Waals surface area contributed by atoms with Gasteiger partial charge in [0.1, 0.15) is 0 Å². The molecule has 0 radical (unpaired) electrons. The summed E-state index contributed by atoms with van der Waals surface area (Å²) in [5.41, 5.74) is 2.72. The molecule has 1 heterocycles. The summed E-state index contributed by atoms with van der Waals surface area (Å²) in [6.45, 7) is 2.70. The fourth-order valence-electron chi connectivity index (χ4n) is 2.26. The monoisotopic (exact) mass is 327 g/mol. The van der Waals surface area contributed by atoms with Gasteiger partial charge in [0.25, 0.3) is 5.91 Å². The number of carbonyl (C=O) groups excluding carboxylic acids is 2. The van der Waals surface area contributed by atoms with Crippen LogP contribution >= 0.6 is 0 Å². The molecule has 1 aromatic carbocycles. The lowest BCUT2D eigenvalue weighted by Crippen LogP contribution is -2.28. The molecule has 0 saturated heterocycles. The summed E-state index contributed by atoms with van der Waals surface area (Å²) in [6, 6.07) is 8.90. The maximum absolute atomic E-state index is 12.2. The molecule has 6 nitrogen and oxygen atoms in total. The highest BCUT2D eigenvalue weighted by molar-refractivity contribution is 5.99. The van der Waals surface area contributed by atoms with E-state index in [-0.39, 0.29) is 18.2 Å². The van der Waals surface area contributed by atoms with Gasteiger partial charge in [-0.15, -0.1) is 0 Å². The zero-order valence-corrected chi connectivity index (χ0v) is 13.8. The number of amides is 2. The molecule has 6 heteroatoms. The van der Waals surface area contributed by atoms with Gasteiger partial charge in [0.05, 0.1) is 13.0 Å². The number of benzene rings is 1. The number of anilines is 1. The summed E-state index contributed by atoms with van der Waals surface area (Å²) in [7, 11) is 1.58. The van der Waals surface area contributed by atoms with Crippen LogP contribution in [-0.2, 0) is 16.0 Å². The van der Waals surface area contributed by atoms with Crippen molar-refractivity contribution < 1.29 is 14.3 Å². The lowest BCUT2D eigenvalue weighted by Gasteiger charge is -2.12. The van der Waals surface area contributed by atoms with Gasteiger partial charge in [-0.2, -0.15) is 0 Å². The van der Waals surface area contributed by atoms with Crippen LogP contribution < -0.4 is 10.6 Å². The zero-order valence-electron chi connectivity index (χ0n) is 13.8. The van der Waals surface area contributed by atoms with Crippen molar-refractivity contribution in [3.63, 3.8) is 0 Å². The van der Waals surface area contributed by atoms with Crippen LogP contribution in [-0.4, -0.2) is 37.1 Å². The van der Waals surface area contributed by atoms with E-state index in [0.717, 1.165) is 11.1 Å². The van der Waals surface area contributed by atoms with E-state index in [2.05, 4.69) is 15.6 Å². The first-order valence-electron chi connectivity index (χ1n) is 7.67. The Kier molecular flexibility index (Phi) is 6.45. The molecule has 0 aliphatic rings. The Morgan fingerprint density at radius 3 is 2.75 bits per heavy atom. The molecule has 2 amide bonds. The van der Waals surface area contributed by atoms with Gasteiger partial charge in [0.2, 0.25) is 5.91 Å². The van der Waals surface area contributed by atoms with Crippen molar-refractivity contribution in [2.24, 2.45) is 0 Å². The Bertz CT molecular complexity index is 702. The summed E-state index contributed by atoms with van der Waals surface area (Å²) in [6.07, 6.45) is 3.56. The number of ether oxygens (including phenoxy) is 1. The van der Waals surface area contributed by atoms with E-state index in [0.29, 0.717) is 24.4 Å². The minimum Gasteiger partial charge on any atom is -0.383 e. The van der Waals surface area contributed by atoms with Crippen LogP contribution in [0.3, 0.4) is 0 Å². The normalized spacial score (nSPS) is 10.2. The largest absolute Gasteiger partial charge is 0.383 e. The predicted molar refractivity (Wildman–Crippen MR) is 92.0 cm³/mol. The SMILES string of the molecule is COCCNC(=O)c1cccc(NC(=O)Cc2cccnc2)c1C. The molecule has 24 heavy (non-hydrogen) atoms. The van der Waals surface area contributed by atoms with E-state index in [1.165, 1.54) is 0 Å². The van der Waals surface area contributed by atoms with Gasteiger partial charge in [0, 0.05) is 37.3 Å². The number of pyridine rings is 1. The molecule has 0 unspecified atom stereocenters. The molecule has 0 fully saturated rings. The van der Waals surface area contributed by atoms with Gasteiger partial charge >= 0.3 is 0 Å². The first kappa shape index (κ1) is 17.6. The van der Waals surface area contributed by atoms with Gasteiger partial charge in [-0.1, -0.05) is 12.1 Å². The maximum atomic E-state index is 12.2. The van der Waals surface area contributed by atoms with Crippen molar-refractivity contribution in [1.29, 1.82) is 0 Å². The predicted octanol–water partition coefficient (Wildman–Crippen LogP) is 1.95. The molecule has 0 saturated carbocycles. The molecule has 0 atom stereocenters. The molecule has 1 aromatic heterocycles. The summed E-state index contributed by atoms with van der Waals surface area (Å²) in [5, 5.41) is 5.63. The van der Waals surface area contributed by atoms with E-state index >= 15 is 0 Å². The van der Waals surface area contributed by atoms with E-state index in [4.69, 9.17) is 4.74 Å². The second kappa shape index (κ2) is 8.79. The van der Waals surface area contributed by atoms with Crippen LogP contribution in [0.4, 0.5) is 5.69 Å². The third kappa shape index (κ3) is 4.89. The van der Waals surface area contributed by atoms with Gasteiger partial charge in [-0.25, -0.2) is 0 Å². The van der Waals surface area contributed by atoms with Crippen molar-refractivity contribution in [2.45, 2.75) is 13.3 Å². The second-order valence-electron chi connectivity index (χ2n) is 5.31. The van der Waals surface area contributed by atoms with E-state index in [1.807, 2.05) is 13.0 Å². The number of rotatable bonds is 7. The average Bonchev–Trinajstić information content (AvgIpc) is 2.57. The Hall–Kier alpha value is -2.73. The third-order valence-electron chi connectivity index (χ3n) is 3.53. The molecule has 0 bridgehead atoms. The zero-order chi connectivity index (χ0) is 17.4. The fraction of sp³-hybridized carbons (Fsp3) is 0.278. The van der Waals surface area contributed by atoms with E-state index in [9.17, 15) is 9.59 Å². The van der Waals surface area contributed by atoms with Crippen molar-refractivity contribution in [3.8, 4) is 0 Å². The smallest absolute Gasteiger partial charge is 0.251 e. The van der Waals surface area contributed by atoms with Crippen molar-refractivity contribution >= 4 is 17.5 Å². The Labute approximate surface area is 141 Å². The van der Waals surface area contributed by atoms with Crippen LogP contribution in [0.5, 0.6) is 0 Å². The quantitative estimate of drug-likeness (QED) is 0.762. The molecule has 0 spiro atoms. The number of aromatic nitrogens is 1. The average molecular weight is 327 g/mol. The summed E-state index contributed by atoms with van der Waals surface area (Å²) in [5.74, 6) is -0.337. The number of hydrogen-bond donors (Lipinski definition) is 2. The van der Waals surface area contributed by atoms with Crippen molar-refractivity contribution in [3.05, 3.63) is 59.4 Å². The van der Waals surface area contributed by atoms with Crippen LogP contribution in [0.15, 0.2) is 42.7 Å². The number of methoxy groups -OCH3 is 1. The molecule has 0 aliphatic carbocycles. The highest BCUT2D eigenvalue weighted by atomic mass is 16.5. The minimum atomic E-state index is -0.187. The fourth-order valence-corrected chi connectivity index (χ4v) is 2.26. The van der Waals surface area contributed by atoms with Crippen LogP contribution in [0, 0.1) is 6.92 Å². The first-order chi connectivity index (χ1) is 11.6. The highest BCUT2D eigenvalue weighted by Gasteiger charge is 2.13. The molecule has 126 valence electrons. The van der Waals surface area contributed by atoms with Crippen molar-refractivity contribution in [1.82, 2.24) is 10.3 Å². The molecule has 0 aliphatic heterocycles. The number of nitrogens with one attached hydrogen (secondary N) is 2. The van der Waals surface area contributed by atoms with Gasteiger partial charge in [-0.05, 0) is 36.2 Å². The summed E-state index contributed by atoms with van der Waals surface area (Å²) < 4.78 is 4.91. The van der Waals surface area contributed by atoms with E-state index < -0.39 is 0 Å². The molecule has 2 rings (SSSR count). The van der Waals surface area contributed by atoms with Gasteiger partial charge in [-0.3, -0.25) is 14.6 Å². The molecule has 2 N–H and O–H groups in total. The Morgan fingerprint density at radius 1 is 1.21 bits per heavy atom. The molecule has 2 aromatic rings. The maximum Gasteiger partial charge on any atom is 0.251 e. The molecular weight excluding hydrogens is 306 g/mol. The van der Waals surface area contributed by atoms with Crippen LogP contribution in [0.25, 0.3) is 0 Å². The summed E-state index contributed by atoms with van der Waals surface area (Å²) in [4.78, 5) is 28.3. The highest BCUT2D eigenvalue weighted by Crippen LogP contribution is 2.19. The third-order valence-corrected chi connectivity index (χ3v) is 3.53. The molecular formula is C18H21N3O3. The Morgan fingerprint density at radius 2 is 2.04 bits per heavy atom. The van der Waals surface area contributed by atoms with Crippen LogP contribution in [0.1, 0.15) is 21.5 Å². The second-order valence-corrected chi connectivity index (χ2v) is 5.31.